The maximum atomic E-state index is 11.8. The fourth-order valence-corrected chi connectivity index (χ4v) is 9.31. The number of hydrogen-bond acceptors (Lipinski definition) is 5. The summed E-state index contributed by atoms with van der Waals surface area (Å²) in [5, 5.41) is 20.4. The number of esters is 1. The summed E-state index contributed by atoms with van der Waals surface area (Å²) in [5.74, 6) is -0.639. The smallest absolute Gasteiger partial charge is 0.338 e. The fourth-order valence-electron chi connectivity index (χ4n) is 2.59. The van der Waals surface area contributed by atoms with Crippen molar-refractivity contribution in [1.82, 2.24) is 0 Å². The average molecular weight is 556 g/mol. The Morgan fingerprint density at radius 1 is 1.06 bits per heavy atom. The van der Waals surface area contributed by atoms with Crippen molar-refractivity contribution in [3.05, 3.63) is 75.8 Å². The van der Waals surface area contributed by atoms with E-state index < -0.39 is 35.6 Å². The molecule has 2 aromatic rings. The second kappa shape index (κ2) is 16.1. The van der Waals surface area contributed by atoms with Gasteiger partial charge in [-0.1, -0.05) is 30.3 Å². The summed E-state index contributed by atoms with van der Waals surface area (Å²) in [7, 11) is 6.24. The number of carbonyl (C=O) groups excluding carboxylic acids is 1. The molecule has 0 aliphatic carbocycles. The quantitative estimate of drug-likeness (QED) is 0.152. The van der Waals surface area contributed by atoms with Crippen molar-refractivity contribution < 1.29 is 19.6 Å². The molecule has 169 valence electrons. The van der Waals surface area contributed by atoms with E-state index in [2.05, 4.69) is 13.8 Å². The predicted octanol–water partition coefficient (Wildman–Crippen LogP) is 6.30. The van der Waals surface area contributed by atoms with Gasteiger partial charge >= 0.3 is 81.9 Å². The Morgan fingerprint density at radius 3 is 2.10 bits per heavy atom. The first-order valence-corrected chi connectivity index (χ1v) is 18.2. The Morgan fingerprint density at radius 2 is 1.61 bits per heavy atom. The summed E-state index contributed by atoms with van der Waals surface area (Å²) in [4.78, 5) is 21.7. The summed E-state index contributed by atoms with van der Waals surface area (Å²) in [5.41, 5.74) is 0.741. The van der Waals surface area contributed by atoms with Crippen LogP contribution in [0.4, 0.5) is 5.69 Å². The average Bonchev–Trinajstić information content (AvgIpc) is 2.80. The molecule has 8 heteroatoms. The van der Waals surface area contributed by atoms with Crippen LogP contribution in [-0.4, -0.2) is 41.2 Å². The van der Waals surface area contributed by atoms with Crippen LogP contribution in [0.5, 0.6) is 0 Å². The van der Waals surface area contributed by atoms with Gasteiger partial charge in [-0.05, 0) is 17.7 Å². The van der Waals surface area contributed by atoms with Gasteiger partial charge in [0.15, 0.2) is 0 Å². The molecular weight excluding hydrogens is 524 g/mol. The van der Waals surface area contributed by atoms with E-state index in [9.17, 15) is 20.0 Å². The number of nitro benzene ring substituents is 1. The van der Waals surface area contributed by atoms with Gasteiger partial charge in [0.25, 0.3) is 5.69 Å². The normalized spacial score (nSPS) is 11.4. The number of nitro groups is 1. The zero-order valence-electron chi connectivity index (χ0n) is 18.1. The van der Waals surface area contributed by atoms with E-state index in [-0.39, 0.29) is 17.9 Å². The van der Waals surface area contributed by atoms with E-state index >= 15 is 0 Å². The molecule has 0 bridgehead atoms. The Hall–Kier alpha value is -1.64. The van der Waals surface area contributed by atoms with E-state index in [0.717, 1.165) is 0 Å². The first kappa shape index (κ1) is 27.4. The number of aliphatic hydroxyl groups excluding tert-OH is 1. The molecule has 1 N–H and O–H groups in total. The van der Waals surface area contributed by atoms with Crippen molar-refractivity contribution in [1.29, 1.82) is 0 Å². The third kappa shape index (κ3) is 11.5. The van der Waals surface area contributed by atoms with Gasteiger partial charge in [-0.25, -0.2) is 4.79 Å². The molecule has 1 radical (unpaired) electrons. The van der Waals surface area contributed by atoms with Crippen LogP contribution in [0.1, 0.15) is 61.6 Å². The minimum absolute atomic E-state index is 0.101. The first-order valence-electron chi connectivity index (χ1n) is 10.5. The largest absolute Gasteiger partial charge is 0.459 e. The number of ether oxygens (including phenoxy) is 1. The summed E-state index contributed by atoms with van der Waals surface area (Å²) in [6.07, 6.45) is 4.49. The van der Waals surface area contributed by atoms with Crippen LogP contribution in [0.25, 0.3) is 0 Å². The Labute approximate surface area is 195 Å². The van der Waals surface area contributed by atoms with Crippen molar-refractivity contribution in [3.8, 4) is 0 Å². The summed E-state index contributed by atoms with van der Waals surface area (Å²) >= 11 is -1.27. The van der Waals surface area contributed by atoms with Gasteiger partial charge in [-0.3, -0.25) is 10.1 Å². The van der Waals surface area contributed by atoms with Crippen LogP contribution in [0, 0.1) is 10.1 Å². The van der Waals surface area contributed by atoms with Crippen LogP contribution in [-0.2, 0) is 4.74 Å². The SMILES string of the molecule is CCC[CH2][Sn]([Cl])[CH2]CCC.O=C(OCC(O)c1ccccc1)c1ccc([N+](=O)[O-])cc1. The number of aliphatic hydroxyl groups is 1. The van der Waals surface area contributed by atoms with Crippen molar-refractivity contribution in [2.45, 2.75) is 54.5 Å². The van der Waals surface area contributed by atoms with Crippen LogP contribution in [0.2, 0.25) is 8.87 Å². The second-order valence-corrected chi connectivity index (χ2v) is 16.4. The number of halogens is 1. The number of carbonyl (C=O) groups is 1. The van der Waals surface area contributed by atoms with E-state index in [1.165, 1.54) is 58.8 Å². The van der Waals surface area contributed by atoms with Crippen LogP contribution < -0.4 is 0 Å². The molecule has 0 saturated heterocycles. The predicted molar refractivity (Wildman–Crippen MR) is 126 cm³/mol. The van der Waals surface area contributed by atoms with Crippen molar-refractivity contribution >= 4 is 39.2 Å². The van der Waals surface area contributed by atoms with Crippen molar-refractivity contribution in [2.24, 2.45) is 0 Å². The molecular formula is C23H31ClNO5Sn. The molecule has 1 unspecified atom stereocenters. The molecule has 2 aromatic carbocycles. The Bertz CT molecular complexity index is 765. The molecule has 31 heavy (non-hydrogen) atoms. The Balaban J connectivity index is 0.000000407. The van der Waals surface area contributed by atoms with Gasteiger partial charge in [0, 0.05) is 12.1 Å². The molecule has 6 nitrogen and oxygen atoms in total. The topological polar surface area (TPSA) is 89.7 Å². The van der Waals surface area contributed by atoms with Gasteiger partial charge in [-0.15, -0.1) is 0 Å². The molecule has 0 amide bonds. The molecule has 0 aliphatic rings. The van der Waals surface area contributed by atoms with Gasteiger partial charge < -0.3 is 9.84 Å². The van der Waals surface area contributed by atoms with Gasteiger partial charge in [0.05, 0.1) is 10.5 Å². The number of hydrogen-bond donors (Lipinski definition) is 1. The molecule has 1 atom stereocenters. The summed E-state index contributed by atoms with van der Waals surface area (Å²) < 4.78 is 7.79. The number of benzene rings is 2. The van der Waals surface area contributed by atoms with E-state index in [1.807, 2.05) is 6.07 Å². The van der Waals surface area contributed by atoms with Crippen LogP contribution >= 0.6 is 8.92 Å². The van der Waals surface area contributed by atoms with Crippen molar-refractivity contribution in [2.75, 3.05) is 6.61 Å². The van der Waals surface area contributed by atoms with Gasteiger partial charge in [-0.2, -0.15) is 0 Å². The molecule has 0 aliphatic heterocycles. The zero-order chi connectivity index (χ0) is 23.1. The molecule has 0 fully saturated rings. The zero-order valence-corrected chi connectivity index (χ0v) is 21.7. The number of nitrogens with zero attached hydrogens (tertiary/aromatic N) is 1. The number of non-ortho nitro benzene ring substituents is 1. The van der Waals surface area contributed by atoms with E-state index in [4.69, 9.17) is 13.7 Å². The van der Waals surface area contributed by atoms with Gasteiger partial charge in [0.2, 0.25) is 0 Å². The molecule has 0 spiro atoms. The van der Waals surface area contributed by atoms with Crippen LogP contribution in [0.15, 0.2) is 54.6 Å². The fraction of sp³-hybridized carbons (Fsp3) is 0.435. The van der Waals surface area contributed by atoms with Crippen LogP contribution in [0.3, 0.4) is 0 Å². The minimum atomic E-state index is -1.27. The maximum Gasteiger partial charge on any atom is 0.338 e. The second-order valence-electron chi connectivity index (χ2n) is 7.05. The van der Waals surface area contributed by atoms with Crippen molar-refractivity contribution in [3.63, 3.8) is 0 Å². The molecule has 0 saturated carbocycles. The maximum absolute atomic E-state index is 11.8. The monoisotopic (exact) mass is 556 g/mol. The number of unbranched alkanes of at least 4 members (excludes halogenated alkanes) is 2. The standard InChI is InChI=1S/C15H13NO5.2C4H9.ClH.Sn/c17-14(11-4-2-1-3-5-11)10-21-15(18)12-6-8-13(9-7-12)16(19)20;2*1-3-4-2;;/h1-9,14,17H,10H2;2*1,3-4H2,2H3;1H;/q;;;;+1/p-1. The van der Waals surface area contributed by atoms with Gasteiger partial charge in [0.1, 0.15) is 12.7 Å². The van der Waals surface area contributed by atoms with E-state index in [1.54, 1.807) is 24.3 Å². The molecule has 2 rings (SSSR count). The first-order chi connectivity index (χ1) is 14.9. The number of rotatable bonds is 11. The molecule has 0 heterocycles. The summed E-state index contributed by atoms with van der Waals surface area (Å²) in [6.45, 7) is 4.31. The third-order valence-corrected chi connectivity index (χ3v) is 12.1. The molecule has 0 aromatic heterocycles. The summed E-state index contributed by atoms with van der Waals surface area (Å²) in [6, 6.07) is 13.9. The Kier molecular flexibility index (Phi) is 14.2. The third-order valence-electron chi connectivity index (χ3n) is 4.47. The van der Waals surface area contributed by atoms with E-state index in [0.29, 0.717) is 5.56 Å². The minimum Gasteiger partial charge on any atom is -0.459 e.